The normalized spacial score (nSPS) is 13.4. The number of rotatable bonds is 6. The molecule has 0 heterocycles. The minimum absolute atomic E-state index is 0.165. The van der Waals surface area contributed by atoms with Gasteiger partial charge in [0.2, 0.25) is 0 Å². The predicted molar refractivity (Wildman–Crippen MR) is 79.2 cm³/mol. The van der Waals surface area contributed by atoms with Crippen molar-refractivity contribution >= 4 is 5.97 Å². The van der Waals surface area contributed by atoms with Gasteiger partial charge in [0.05, 0.1) is 19.1 Å². The molecule has 22 heavy (non-hydrogen) atoms. The van der Waals surface area contributed by atoms with Crippen molar-refractivity contribution in [2.45, 2.75) is 12.5 Å². The molecule has 0 spiro atoms. The van der Waals surface area contributed by atoms with E-state index in [-0.39, 0.29) is 6.42 Å². The lowest BCUT2D eigenvalue weighted by atomic mass is 9.90. The number of carboxylic acid groups (broad SMARTS) is 1. The Kier molecular flexibility index (Phi) is 5.12. The number of hydrogen-bond acceptors (Lipinski definition) is 3. The number of hydrogen-bond donors (Lipinski definition) is 2. The van der Waals surface area contributed by atoms with Crippen molar-refractivity contribution in [2.24, 2.45) is 5.92 Å². The summed E-state index contributed by atoms with van der Waals surface area (Å²) >= 11 is 0. The van der Waals surface area contributed by atoms with Crippen LogP contribution in [0.4, 0.5) is 4.39 Å². The summed E-state index contributed by atoms with van der Waals surface area (Å²) in [7, 11) is 1.55. The molecule has 2 N–H and O–H groups in total. The molecule has 0 saturated heterocycles. The third kappa shape index (κ3) is 3.83. The van der Waals surface area contributed by atoms with E-state index in [1.165, 1.54) is 24.3 Å². The first-order chi connectivity index (χ1) is 10.5. The molecule has 0 saturated carbocycles. The first-order valence-corrected chi connectivity index (χ1v) is 6.80. The molecular formula is C17H17FO4. The number of carboxylic acids is 1. The van der Waals surface area contributed by atoms with Crippen LogP contribution in [0, 0.1) is 11.7 Å². The molecular weight excluding hydrogens is 287 g/mol. The van der Waals surface area contributed by atoms with Crippen molar-refractivity contribution in [3.8, 4) is 5.75 Å². The number of ether oxygens (including phenoxy) is 1. The zero-order valence-electron chi connectivity index (χ0n) is 12.1. The van der Waals surface area contributed by atoms with Gasteiger partial charge < -0.3 is 14.9 Å². The van der Waals surface area contributed by atoms with Crippen LogP contribution in [0.15, 0.2) is 48.5 Å². The van der Waals surface area contributed by atoms with Gasteiger partial charge in [-0.3, -0.25) is 4.79 Å². The largest absolute Gasteiger partial charge is 0.497 e. The fourth-order valence-corrected chi connectivity index (χ4v) is 2.24. The Labute approximate surface area is 127 Å². The molecule has 2 aromatic rings. The van der Waals surface area contributed by atoms with E-state index >= 15 is 0 Å². The first-order valence-electron chi connectivity index (χ1n) is 6.80. The Bertz CT molecular complexity index is 622. The van der Waals surface area contributed by atoms with Crippen molar-refractivity contribution in [3.63, 3.8) is 0 Å². The van der Waals surface area contributed by atoms with E-state index in [9.17, 15) is 19.4 Å². The van der Waals surface area contributed by atoms with E-state index in [0.29, 0.717) is 11.3 Å². The minimum atomic E-state index is -1.21. The van der Waals surface area contributed by atoms with Gasteiger partial charge in [0, 0.05) is 0 Å². The van der Waals surface area contributed by atoms with Gasteiger partial charge in [0.1, 0.15) is 11.6 Å². The lowest BCUT2D eigenvalue weighted by Crippen LogP contribution is -2.24. The van der Waals surface area contributed by atoms with Gasteiger partial charge >= 0.3 is 5.97 Å². The van der Waals surface area contributed by atoms with Gasteiger partial charge in [-0.25, -0.2) is 4.39 Å². The maximum absolute atomic E-state index is 12.9. The summed E-state index contributed by atoms with van der Waals surface area (Å²) in [6.45, 7) is 0. The average Bonchev–Trinajstić information content (AvgIpc) is 2.53. The highest BCUT2D eigenvalue weighted by atomic mass is 19.1. The van der Waals surface area contributed by atoms with E-state index in [1.807, 2.05) is 0 Å². The molecule has 116 valence electrons. The van der Waals surface area contributed by atoms with Crippen LogP contribution in [-0.2, 0) is 11.2 Å². The quantitative estimate of drug-likeness (QED) is 0.861. The molecule has 0 bridgehead atoms. The lowest BCUT2D eigenvalue weighted by molar-refractivity contribution is -0.145. The fraction of sp³-hybridized carbons (Fsp3) is 0.235. The van der Waals surface area contributed by atoms with E-state index in [4.69, 9.17) is 4.74 Å². The third-order valence-corrected chi connectivity index (χ3v) is 3.52. The SMILES string of the molecule is COc1ccc(CC(C(=O)O)C(O)c2ccc(F)cc2)cc1. The van der Waals surface area contributed by atoms with Gasteiger partial charge in [-0.1, -0.05) is 24.3 Å². The Balaban J connectivity index is 2.18. The summed E-state index contributed by atoms with van der Waals surface area (Å²) < 4.78 is 18.0. The monoisotopic (exact) mass is 304 g/mol. The van der Waals surface area contributed by atoms with Gasteiger partial charge in [0.15, 0.2) is 0 Å². The van der Waals surface area contributed by atoms with Crippen LogP contribution < -0.4 is 4.74 Å². The molecule has 0 aliphatic heterocycles. The topological polar surface area (TPSA) is 66.8 Å². The molecule has 0 radical (unpaired) electrons. The molecule has 2 atom stereocenters. The van der Waals surface area contributed by atoms with Gasteiger partial charge in [-0.05, 0) is 41.8 Å². The summed E-state index contributed by atoms with van der Waals surface area (Å²) in [5, 5.41) is 19.6. The fourth-order valence-electron chi connectivity index (χ4n) is 2.24. The Morgan fingerprint density at radius 3 is 2.23 bits per heavy atom. The number of halogens is 1. The average molecular weight is 304 g/mol. The number of methoxy groups -OCH3 is 1. The Morgan fingerprint density at radius 1 is 1.14 bits per heavy atom. The summed E-state index contributed by atoms with van der Waals surface area (Å²) in [6, 6.07) is 12.2. The Morgan fingerprint density at radius 2 is 1.73 bits per heavy atom. The van der Waals surface area contributed by atoms with E-state index < -0.39 is 23.8 Å². The third-order valence-electron chi connectivity index (χ3n) is 3.52. The second-order valence-corrected chi connectivity index (χ2v) is 4.99. The number of aliphatic carboxylic acids is 1. The summed E-state index contributed by atoms with van der Waals surface area (Å²) in [5.41, 5.74) is 1.15. The molecule has 5 heteroatoms. The van der Waals surface area contributed by atoms with Crippen LogP contribution in [0.5, 0.6) is 5.75 Å². The van der Waals surface area contributed by atoms with Crippen LogP contribution in [0.25, 0.3) is 0 Å². The first kappa shape index (κ1) is 16.0. The molecule has 2 aromatic carbocycles. The molecule has 2 rings (SSSR count). The van der Waals surface area contributed by atoms with Crippen molar-refractivity contribution in [1.82, 2.24) is 0 Å². The maximum atomic E-state index is 12.9. The van der Waals surface area contributed by atoms with Crippen LogP contribution in [0.3, 0.4) is 0 Å². The number of carbonyl (C=O) groups is 1. The standard InChI is InChI=1S/C17H17FO4/c1-22-14-8-2-11(3-9-14)10-15(17(20)21)16(19)12-4-6-13(18)7-5-12/h2-9,15-16,19H,10H2,1H3,(H,20,21). The molecule has 0 aliphatic rings. The van der Waals surface area contributed by atoms with E-state index in [2.05, 4.69) is 0 Å². The molecule has 4 nitrogen and oxygen atoms in total. The second kappa shape index (κ2) is 7.04. The summed E-state index contributed by atoms with van der Waals surface area (Å²) in [4.78, 5) is 11.4. The molecule has 0 aliphatic carbocycles. The number of aliphatic hydroxyl groups excluding tert-OH is 1. The minimum Gasteiger partial charge on any atom is -0.497 e. The highest BCUT2D eigenvalue weighted by Crippen LogP contribution is 2.26. The van der Waals surface area contributed by atoms with Crippen LogP contribution in [-0.4, -0.2) is 23.3 Å². The van der Waals surface area contributed by atoms with Crippen LogP contribution >= 0.6 is 0 Å². The molecule has 0 amide bonds. The number of benzene rings is 2. The lowest BCUT2D eigenvalue weighted by Gasteiger charge is -2.19. The highest BCUT2D eigenvalue weighted by Gasteiger charge is 2.28. The van der Waals surface area contributed by atoms with Crippen molar-refractivity contribution in [1.29, 1.82) is 0 Å². The molecule has 0 aromatic heterocycles. The van der Waals surface area contributed by atoms with E-state index in [0.717, 1.165) is 5.56 Å². The summed E-state index contributed by atoms with van der Waals surface area (Å²) in [6.07, 6.45) is -1.04. The molecule has 0 fully saturated rings. The van der Waals surface area contributed by atoms with Gasteiger partial charge in [-0.15, -0.1) is 0 Å². The Hall–Kier alpha value is -2.40. The van der Waals surface area contributed by atoms with Crippen LogP contribution in [0.1, 0.15) is 17.2 Å². The van der Waals surface area contributed by atoms with Crippen molar-refractivity contribution in [2.75, 3.05) is 7.11 Å². The highest BCUT2D eigenvalue weighted by molar-refractivity contribution is 5.71. The number of aliphatic hydroxyl groups is 1. The van der Waals surface area contributed by atoms with Gasteiger partial charge in [0.25, 0.3) is 0 Å². The van der Waals surface area contributed by atoms with Crippen molar-refractivity contribution < 1.29 is 24.1 Å². The smallest absolute Gasteiger partial charge is 0.309 e. The van der Waals surface area contributed by atoms with Crippen LogP contribution in [0.2, 0.25) is 0 Å². The van der Waals surface area contributed by atoms with Gasteiger partial charge in [-0.2, -0.15) is 0 Å². The molecule has 2 unspecified atom stereocenters. The maximum Gasteiger partial charge on any atom is 0.309 e. The zero-order chi connectivity index (χ0) is 16.1. The predicted octanol–water partition coefficient (Wildman–Crippen LogP) is 2.81. The van der Waals surface area contributed by atoms with E-state index in [1.54, 1.807) is 31.4 Å². The summed E-state index contributed by atoms with van der Waals surface area (Å²) in [5.74, 6) is -1.88. The second-order valence-electron chi connectivity index (χ2n) is 4.99. The zero-order valence-corrected chi connectivity index (χ0v) is 12.1. The van der Waals surface area contributed by atoms with Crippen molar-refractivity contribution in [3.05, 3.63) is 65.5 Å².